The number of hydrogen-bond acceptors (Lipinski definition) is 4. The zero-order valence-electron chi connectivity index (χ0n) is 12.8. The molecule has 0 amide bonds. The first kappa shape index (κ1) is 17.0. The summed E-state index contributed by atoms with van der Waals surface area (Å²) < 4.78 is 16.4. The van der Waals surface area contributed by atoms with Crippen molar-refractivity contribution < 1.29 is 24.1 Å². The second kappa shape index (κ2) is 9.61. The highest BCUT2D eigenvalue weighted by Crippen LogP contribution is 2.11. The molecule has 2 aromatic carbocycles. The van der Waals surface area contributed by atoms with Gasteiger partial charge in [-0.2, -0.15) is 0 Å². The smallest absolute Gasteiger partial charge is 0.335 e. The van der Waals surface area contributed by atoms with E-state index in [9.17, 15) is 4.79 Å². The molecule has 0 fully saturated rings. The summed E-state index contributed by atoms with van der Waals surface area (Å²) in [6.45, 7) is 2.48. The molecule has 0 bridgehead atoms. The Balaban J connectivity index is 1.50. The van der Waals surface area contributed by atoms with Gasteiger partial charge in [0.15, 0.2) is 0 Å². The van der Waals surface area contributed by atoms with E-state index in [1.165, 1.54) is 12.1 Å². The molecule has 0 saturated heterocycles. The maximum atomic E-state index is 10.7. The molecule has 5 heteroatoms. The van der Waals surface area contributed by atoms with Crippen LogP contribution in [0.15, 0.2) is 54.6 Å². The average Bonchev–Trinajstić information content (AvgIpc) is 2.58. The second-order valence-electron chi connectivity index (χ2n) is 4.83. The van der Waals surface area contributed by atoms with E-state index in [2.05, 4.69) is 0 Å². The van der Waals surface area contributed by atoms with Crippen molar-refractivity contribution in [3.63, 3.8) is 0 Å². The summed E-state index contributed by atoms with van der Waals surface area (Å²) in [6.07, 6.45) is 0. The quantitative estimate of drug-likeness (QED) is 0.683. The Morgan fingerprint density at radius 3 is 2.17 bits per heavy atom. The third-order valence-corrected chi connectivity index (χ3v) is 3.08. The Bertz CT molecular complexity index is 580. The van der Waals surface area contributed by atoms with Gasteiger partial charge in [0.25, 0.3) is 0 Å². The highest BCUT2D eigenvalue weighted by Gasteiger charge is 2.01. The van der Waals surface area contributed by atoms with E-state index in [0.29, 0.717) is 38.8 Å². The molecule has 0 aromatic heterocycles. The Morgan fingerprint density at radius 1 is 0.826 bits per heavy atom. The van der Waals surface area contributed by atoms with Crippen LogP contribution in [0, 0.1) is 0 Å². The van der Waals surface area contributed by atoms with Crippen molar-refractivity contribution in [1.29, 1.82) is 0 Å². The third kappa shape index (κ3) is 6.50. The fourth-order valence-corrected chi connectivity index (χ4v) is 1.90. The molecule has 2 rings (SSSR count). The normalized spacial score (nSPS) is 10.4. The number of carbonyl (C=O) groups is 1. The third-order valence-electron chi connectivity index (χ3n) is 3.08. The molecule has 0 radical (unpaired) electrons. The summed E-state index contributed by atoms with van der Waals surface area (Å²) in [6, 6.07) is 16.3. The zero-order chi connectivity index (χ0) is 16.3. The molecule has 5 nitrogen and oxygen atoms in total. The topological polar surface area (TPSA) is 65.0 Å². The summed E-state index contributed by atoms with van der Waals surface area (Å²) in [7, 11) is 0. The Morgan fingerprint density at radius 2 is 1.48 bits per heavy atom. The molecule has 122 valence electrons. The van der Waals surface area contributed by atoms with Crippen LogP contribution in [-0.4, -0.2) is 37.5 Å². The van der Waals surface area contributed by atoms with Crippen molar-refractivity contribution in [1.82, 2.24) is 0 Å². The molecule has 0 spiro atoms. The maximum Gasteiger partial charge on any atom is 0.335 e. The van der Waals surface area contributed by atoms with Crippen LogP contribution in [0.25, 0.3) is 0 Å². The van der Waals surface area contributed by atoms with E-state index in [-0.39, 0.29) is 5.56 Å². The standard InChI is InChI=1S/C18H20O5/c19-18(20)16-6-8-17(9-7-16)23-13-12-21-10-11-22-14-15-4-2-1-3-5-15/h1-9H,10-14H2,(H,19,20). The first-order chi connectivity index (χ1) is 11.3. The summed E-state index contributed by atoms with van der Waals surface area (Å²) in [5.74, 6) is -0.325. The molecule has 0 aliphatic rings. The molecule has 0 atom stereocenters. The van der Waals surface area contributed by atoms with Crippen LogP contribution in [0.1, 0.15) is 15.9 Å². The number of ether oxygens (including phenoxy) is 3. The van der Waals surface area contributed by atoms with E-state index in [0.717, 1.165) is 5.56 Å². The lowest BCUT2D eigenvalue weighted by atomic mass is 10.2. The molecule has 0 heterocycles. The predicted octanol–water partition coefficient (Wildman–Crippen LogP) is 3.00. The summed E-state index contributed by atoms with van der Waals surface area (Å²) in [5, 5.41) is 8.79. The summed E-state index contributed by atoms with van der Waals surface area (Å²) in [4.78, 5) is 10.7. The lowest BCUT2D eigenvalue weighted by Gasteiger charge is -2.08. The number of aromatic carboxylic acids is 1. The van der Waals surface area contributed by atoms with Crippen molar-refractivity contribution in [2.75, 3.05) is 26.4 Å². The van der Waals surface area contributed by atoms with Gasteiger partial charge in [-0.1, -0.05) is 30.3 Å². The van der Waals surface area contributed by atoms with Crippen LogP contribution in [0.2, 0.25) is 0 Å². The van der Waals surface area contributed by atoms with Crippen LogP contribution in [-0.2, 0) is 16.1 Å². The van der Waals surface area contributed by atoms with Gasteiger partial charge < -0.3 is 19.3 Å². The van der Waals surface area contributed by atoms with Gasteiger partial charge in [-0.3, -0.25) is 0 Å². The van der Waals surface area contributed by atoms with E-state index in [4.69, 9.17) is 19.3 Å². The average molecular weight is 316 g/mol. The number of carboxylic acid groups (broad SMARTS) is 1. The fourth-order valence-electron chi connectivity index (χ4n) is 1.90. The van der Waals surface area contributed by atoms with E-state index in [1.54, 1.807) is 12.1 Å². The Labute approximate surface area is 135 Å². The molecule has 23 heavy (non-hydrogen) atoms. The number of rotatable bonds is 10. The first-order valence-electron chi connectivity index (χ1n) is 7.41. The van der Waals surface area contributed by atoms with Crippen molar-refractivity contribution >= 4 is 5.97 Å². The minimum atomic E-state index is -0.949. The maximum absolute atomic E-state index is 10.7. The van der Waals surface area contributed by atoms with Gasteiger partial charge >= 0.3 is 5.97 Å². The van der Waals surface area contributed by atoms with Crippen molar-refractivity contribution in [3.05, 3.63) is 65.7 Å². The van der Waals surface area contributed by atoms with Crippen LogP contribution >= 0.6 is 0 Å². The van der Waals surface area contributed by atoms with Crippen LogP contribution < -0.4 is 4.74 Å². The van der Waals surface area contributed by atoms with Crippen molar-refractivity contribution in [3.8, 4) is 5.75 Å². The van der Waals surface area contributed by atoms with Gasteiger partial charge in [-0.25, -0.2) is 4.79 Å². The van der Waals surface area contributed by atoms with Crippen molar-refractivity contribution in [2.24, 2.45) is 0 Å². The van der Waals surface area contributed by atoms with E-state index < -0.39 is 5.97 Å². The molecule has 0 aliphatic heterocycles. The first-order valence-corrected chi connectivity index (χ1v) is 7.41. The van der Waals surface area contributed by atoms with Crippen LogP contribution in [0.4, 0.5) is 0 Å². The largest absolute Gasteiger partial charge is 0.491 e. The minimum absolute atomic E-state index is 0.240. The van der Waals surface area contributed by atoms with Crippen LogP contribution in [0.3, 0.4) is 0 Å². The molecule has 0 aliphatic carbocycles. The molecule has 1 N–H and O–H groups in total. The van der Waals surface area contributed by atoms with Gasteiger partial charge in [-0.05, 0) is 29.8 Å². The number of benzene rings is 2. The molecular formula is C18H20O5. The number of hydrogen-bond donors (Lipinski definition) is 1. The zero-order valence-corrected chi connectivity index (χ0v) is 12.8. The molecule has 0 unspecified atom stereocenters. The van der Waals surface area contributed by atoms with Gasteiger partial charge in [0.1, 0.15) is 12.4 Å². The number of carboxylic acids is 1. The SMILES string of the molecule is O=C(O)c1ccc(OCCOCCOCc2ccccc2)cc1. The monoisotopic (exact) mass is 316 g/mol. The van der Waals surface area contributed by atoms with E-state index in [1.807, 2.05) is 30.3 Å². The highest BCUT2D eigenvalue weighted by molar-refractivity contribution is 5.87. The summed E-state index contributed by atoms with van der Waals surface area (Å²) in [5.41, 5.74) is 1.38. The predicted molar refractivity (Wildman–Crippen MR) is 85.8 cm³/mol. The Hall–Kier alpha value is -2.37. The summed E-state index contributed by atoms with van der Waals surface area (Å²) >= 11 is 0. The minimum Gasteiger partial charge on any atom is -0.491 e. The van der Waals surface area contributed by atoms with Gasteiger partial charge in [0, 0.05) is 0 Å². The van der Waals surface area contributed by atoms with Gasteiger partial charge in [-0.15, -0.1) is 0 Å². The lowest BCUT2D eigenvalue weighted by molar-refractivity contribution is 0.0303. The Kier molecular flexibility index (Phi) is 7.10. The van der Waals surface area contributed by atoms with E-state index >= 15 is 0 Å². The fraction of sp³-hybridized carbons (Fsp3) is 0.278. The highest BCUT2D eigenvalue weighted by atomic mass is 16.5. The van der Waals surface area contributed by atoms with Crippen molar-refractivity contribution in [2.45, 2.75) is 6.61 Å². The van der Waals surface area contributed by atoms with Crippen LogP contribution in [0.5, 0.6) is 5.75 Å². The van der Waals surface area contributed by atoms with Gasteiger partial charge in [0.2, 0.25) is 0 Å². The molecule has 0 saturated carbocycles. The lowest BCUT2D eigenvalue weighted by Crippen LogP contribution is -2.11. The molecular weight excluding hydrogens is 296 g/mol. The molecule has 2 aromatic rings. The van der Waals surface area contributed by atoms with Gasteiger partial charge in [0.05, 0.1) is 32.0 Å². The second-order valence-corrected chi connectivity index (χ2v) is 4.83.